The van der Waals surface area contributed by atoms with Crippen molar-refractivity contribution in [1.29, 1.82) is 0 Å². The van der Waals surface area contributed by atoms with Crippen LogP contribution >= 0.6 is 0 Å². The van der Waals surface area contributed by atoms with Crippen molar-refractivity contribution in [3.8, 4) is 0 Å². The third-order valence-corrected chi connectivity index (χ3v) is 10.1. The summed E-state index contributed by atoms with van der Waals surface area (Å²) in [5.41, 5.74) is 3.39. The van der Waals surface area contributed by atoms with Gasteiger partial charge in [0.25, 0.3) is 0 Å². The minimum absolute atomic E-state index is 0.0726. The second-order valence-corrected chi connectivity index (χ2v) is 12.0. The lowest BCUT2D eigenvalue weighted by molar-refractivity contribution is -0.00294. The van der Waals surface area contributed by atoms with Crippen molar-refractivity contribution in [1.82, 2.24) is 14.7 Å². The van der Waals surface area contributed by atoms with Crippen LogP contribution in [0, 0.1) is 5.41 Å². The normalized spacial score (nSPS) is 32.9. The monoisotopic (exact) mass is 485 g/mol. The van der Waals surface area contributed by atoms with Gasteiger partial charge in [-0.15, -0.1) is 0 Å². The molecular formula is C28H43N3O4. The quantitative estimate of drug-likeness (QED) is 0.521. The number of likely N-dealkylation sites (tertiary alicyclic amines) is 1. The molecule has 2 aliphatic carbocycles. The maximum atomic E-state index is 13.1. The molecule has 1 spiro atoms. The van der Waals surface area contributed by atoms with E-state index in [9.17, 15) is 9.59 Å². The van der Waals surface area contributed by atoms with Crippen molar-refractivity contribution in [3.63, 3.8) is 0 Å². The summed E-state index contributed by atoms with van der Waals surface area (Å²) in [6.07, 6.45) is 14.8. The second-order valence-electron chi connectivity index (χ2n) is 12.0. The molecule has 2 atom stereocenters. The fraction of sp³-hybridized carbons (Fsp3) is 0.857. The number of nitrogens with zero attached hydrogens (tertiary/aromatic N) is 3. The van der Waals surface area contributed by atoms with Crippen molar-refractivity contribution >= 4 is 12.2 Å². The fourth-order valence-electron chi connectivity index (χ4n) is 8.08. The lowest BCUT2D eigenvalue weighted by Gasteiger charge is -2.53. The summed E-state index contributed by atoms with van der Waals surface area (Å²) in [5.74, 6) is 0. The highest BCUT2D eigenvalue weighted by Crippen LogP contribution is 2.50. The van der Waals surface area contributed by atoms with Crippen LogP contribution in [0.3, 0.4) is 0 Å². The zero-order valence-electron chi connectivity index (χ0n) is 21.5. The summed E-state index contributed by atoms with van der Waals surface area (Å²) in [6, 6.07) is 1.25. The Bertz CT molecular complexity index is 846. The Kier molecular flexibility index (Phi) is 6.48. The van der Waals surface area contributed by atoms with Gasteiger partial charge in [-0.3, -0.25) is 0 Å². The number of carbonyl (C=O) groups excluding carboxylic acids is 2. The molecule has 35 heavy (non-hydrogen) atoms. The number of fused-ring (bicyclic) bond motifs is 3. The van der Waals surface area contributed by atoms with Gasteiger partial charge < -0.3 is 24.2 Å². The van der Waals surface area contributed by atoms with Crippen LogP contribution < -0.4 is 0 Å². The lowest BCUT2D eigenvalue weighted by Crippen LogP contribution is -2.57. The Morgan fingerprint density at radius 3 is 2.29 bits per heavy atom. The Hall–Kier alpha value is -1.76. The van der Waals surface area contributed by atoms with Crippen LogP contribution in [0.2, 0.25) is 0 Å². The van der Waals surface area contributed by atoms with Gasteiger partial charge in [-0.1, -0.05) is 11.1 Å². The largest absolute Gasteiger partial charge is 0.450 e. The zero-order valence-corrected chi connectivity index (χ0v) is 21.5. The molecule has 2 bridgehead atoms. The Morgan fingerprint density at radius 1 is 0.914 bits per heavy atom. The van der Waals surface area contributed by atoms with E-state index in [0.29, 0.717) is 24.7 Å². The number of rotatable bonds is 3. The maximum Gasteiger partial charge on any atom is 0.410 e. The van der Waals surface area contributed by atoms with Crippen molar-refractivity contribution in [2.45, 2.75) is 115 Å². The molecule has 7 heteroatoms. The predicted octanol–water partition coefficient (Wildman–Crippen LogP) is 5.10. The molecule has 0 aromatic carbocycles. The summed E-state index contributed by atoms with van der Waals surface area (Å²) in [5, 5.41) is 0. The Labute approximate surface area is 210 Å². The first-order valence-electron chi connectivity index (χ1n) is 14.4. The molecule has 0 aromatic heterocycles. The van der Waals surface area contributed by atoms with Crippen LogP contribution in [-0.4, -0.2) is 83.9 Å². The Morgan fingerprint density at radius 2 is 1.63 bits per heavy atom. The summed E-state index contributed by atoms with van der Waals surface area (Å²) in [4.78, 5) is 32.4. The molecule has 0 aromatic rings. The van der Waals surface area contributed by atoms with E-state index in [-0.39, 0.29) is 23.7 Å². The molecule has 6 aliphatic rings. The van der Waals surface area contributed by atoms with E-state index in [1.807, 2.05) is 6.92 Å². The first kappa shape index (κ1) is 23.6. The van der Waals surface area contributed by atoms with E-state index in [0.717, 1.165) is 84.0 Å². The molecule has 0 radical (unpaired) electrons. The number of carbonyl (C=O) groups is 2. The molecule has 4 aliphatic heterocycles. The summed E-state index contributed by atoms with van der Waals surface area (Å²) < 4.78 is 11.2. The van der Waals surface area contributed by atoms with Gasteiger partial charge in [0, 0.05) is 36.6 Å². The van der Waals surface area contributed by atoms with Crippen molar-refractivity contribution in [2.75, 3.05) is 32.8 Å². The zero-order chi connectivity index (χ0) is 24.0. The van der Waals surface area contributed by atoms with Crippen molar-refractivity contribution < 1.29 is 19.1 Å². The van der Waals surface area contributed by atoms with Gasteiger partial charge in [0.05, 0.1) is 6.61 Å². The van der Waals surface area contributed by atoms with Crippen LogP contribution in [0.25, 0.3) is 0 Å². The minimum Gasteiger partial charge on any atom is -0.450 e. The molecule has 2 unspecified atom stereocenters. The van der Waals surface area contributed by atoms with Crippen LogP contribution in [-0.2, 0) is 9.47 Å². The minimum atomic E-state index is -0.108. The van der Waals surface area contributed by atoms with Crippen LogP contribution in [0.1, 0.15) is 90.4 Å². The molecular weight excluding hydrogens is 442 g/mol. The first-order chi connectivity index (χ1) is 17.1. The van der Waals surface area contributed by atoms with Gasteiger partial charge in [0.2, 0.25) is 0 Å². The van der Waals surface area contributed by atoms with E-state index in [1.165, 1.54) is 25.7 Å². The molecule has 194 valence electrons. The van der Waals surface area contributed by atoms with Gasteiger partial charge in [-0.25, -0.2) is 9.59 Å². The Balaban J connectivity index is 1.12. The smallest absolute Gasteiger partial charge is 0.410 e. The number of hydrogen-bond donors (Lipinski definition) is 0. The topological polar surface area (TPSA) is 62.3 Å². The van der Waals surface area contributed by atoms with E-state index in [4.69, 9.17) is 9.47 Å². The molecule has 0 N–H and O–H groups in total. The van der Waals surface area contributed by atoms with Gasteiger partial charge in [0.15, 0.2) is 0 Å². The molecule has 2 amide bonds. The number of piperidine rings is 2. The van der Waals surface area contributed by atoms with Crippen LogP contribution in [0.5, 0.6) is 0 Å². The van der Waals surface area contributed by atoms with Crippen LogP contribution in [0.4, 0.5) is 9.59 Å². The second kappa shape index (κ2) is 9.60. The van der Waals surface area contributed by atoms with Crippen molar-refractivity contribution in [2.24, 2.45) is 5.41 Å². The fourth-order valence-corrected chi connectivity index (χ4v) is 8.08. The third-order valence-electron chi connectivity index (χ3n) is 10.1. The maximum absolute atomic E-state index is 13.1. The van der Waals surface area contributed by atoms with Gasteiger partial charge >= 0.3 is 12.2 Å². The standard InChI is InChI=1S/C28H43N3O4/c1-2-34-27(33)31-21-10-11-22(31)17-23(16-21)29-14-12-28(13-15-29)19-30(26(32)35-24-7-5-8-24)18-20-6-3-4-9-25(20)28/h21-24H,2-19H2,1H3. The van der Waals surface area contributed by atoms with E-state index < -0.39 is 0 Å². The molecule has 3 saturated heterocycles. The lowest BCUT2D eigenvalue weighted by atomic mass is 9.65. The average molecular weight is 486 g/mol. The average Bonchev–Trinajstić information content (AvgIpc) is 3.11. The van der Waals surface area contributed by atoms with Crippen molar-refractivity contribution in [3.05, 3.63) is 11.1 Å². The highest BCUT2D eigenvalue weighted by molar-refractivity contribution is 5.69. The predicted molar refractivity (Wildman–Crippen MR) is 133 cm³/mol. The summed E-state index contributed by atoms with van der Waals surface area (Å²) >= 11 is 0. The van der Waals surface area contributed by atoms with Gasteiger partial charge in [-0.05, 0) is 103 Å². The number of amides is 2. The highest BCUT2D eigenvalue weighted by atomic mass is 16.6. The summed E-state index contributed by atoms with van der Waals surface area (Å²) in [6.45, 7) is 6.19. The summed E-state index contributed by atoms with van der Waals surface area (Å²) in [7, 11) is 0. The van der Waals surface area contributed by atoms with E-state index in [2.05, 4.69) is 14.7 Å². The third kappa shape index (κ3) is 4.36. The van der Waals surface area contributed by atoms with E-state index >= 15 is 0 Å². The van der Waals surface area contributed by atoms with Crippen LogP contribution in [0.15, 0.2) is 11.1 Å². The molecule has 4 heterocycles. The molecule has 1 saturated carbocycles. The molecule has 4 fully saturated rings. The highest BCUT2D eigenvalue weighted by Gasteiger charge is 2.49. The number of hydrogen-bond acceptors (Lipinski definition) is 5. The SMILES string of the molecule is CCOC(=O)N1C2CCC1CC(N1CCC3(CC1)CN(C(=O)OC1CCC1)CC1=C3CCCC1)C2. The molecule has 7 nitrogen and oxygen atoms in total. The van der Waals surface area contributed by atoms with Gasteiger partial charge in [0.1, 0.15) is 6.10 Å². The number of ether oxygens (including phenoxy) is 2. The van der Waals surface area contributed by atoms with E-state index in [1.54, 1.807) is 11.1 Å². The van der Waals surface area contributed by atoms with Gasteiger partial charge in [-0.2, -0.15) is 0 Å². The molecule has 6 rings (SSSR count). The first-order valence-corrected chi connectivity index (χ1v) is 14.4.